The highest BCUT2D eigenvalue weighted by atomic mass is 16.5. The van der Waals surface area contributed by atoms with Gasteiger partial charge in [-0.3, -0.25) is 0 Å². The number of phenols is 1. The van der Waals surface area contributed by atoms with Crippen LogP contribution in [0.15, 0.2) is 48.5 Å². The van der Waals surface area contributed by atoms with E-state index in [1.54, 1.807) is 25.3 Å². The zero-order valence-electron chi connectivity index (χ0n) is 10.3. The topological polar surface area (TPSA) is 55.5 Å². The molecule has 0 bridgehead atoms. The first kappa shape index (κ1) is 12.5. The molecule has 0 aliphatic heterocycles. The number of methoxy groups -OCH3 is 1. The molecule has 2 aromatic rings. The SMILES string of the molecule is COc1ccc(CC(N)c2cccc(O)c2)cc1. The fourth-order valence-electron chi connectivity index (χ4n) is 1.89. The van der Waals surface area contributed by atoms with Crippen molar-refractivity contribution in [2.24, 2.45) is 5.73 Å². The third-order valence-electron chi connectivity index (χ3n) is 2.91. The van der Waals surface area contributed by atoms with Crippen LogP contribution in [0.1, 0.15) is 17.2 Å². The maximum absolute atomic E-state index is 9.42. The van der Waals surface area contributed by atoms with Gasteiger partial charge in [0.25, 0.3) is 0 Å². The molecular weight excluding hydrogens is 226 g/mol. The van der Waals surface area contributed by atoms with E-state index in [9.17, 15) is 5.11 Å². The Morgan fingerprint density at radius 2 is 1.89 bits per heavy atom. The Balaban J connectivity index is 2.08. The fraction of sp³-hybridized carbons (Fsp3) is 0.200. The molecule has 0 aromatic heterocycles. The van der Waals surface area contributed by atoms with Crippen molar-refractivity contribution < 1.29 is 9.84 Å². The zero-order chi connectivity index (χ0) is 13.0. The van der Waals surface area contributed by atoms with Gasteiger partial charge in [-0.25, -0.2) is 0 Å². The van der Waals surface area contributed by atoms with Gasteiger partial charge in [0.05, 0.1) is 7.11 Å². The summed E-state index contributed by atoms with van der Waals surface area (Å²) in [5.41, 5.74) is 8.21. The first-order valence-electron chi connectivity index (χ1n) is 5.86. The number of aromatic hydroxyl groups is 1. The number of rotatable bonds is 4. The molecule has 0 amide bonds. The summed E-state index contributed by atoms with van der Waals surface area (Å²) in [5, 5.41) is 9.42. The maximum Gasteiger partial charge on any atom is 0.118 e. The Morgan fingerprint density at radius 1 is 1.17 bits per heavy atom. The number of hydrogen-bond acceptors (Lipinski definition) is 3. The molecular formula is C15H17NO2. The average Bonchev–Trinajstić information content (AvgIpc) is 2.39. The van der Waals surface area contributed by atoms with Crippen LogP contribution in [0.2, 0.25) is 0 Å². The van der Waals surface area contributed by atoms with Crippen LogP contribution in [0.5, 0.6) is 11.5 Å². The van der Waals surface area contributed by atoms with Crippen molar-refractivity contribution >= 4 is 0 Å². The van der Waals surface area contributed by atoms with Crippen LogP contribution in [0.3, 0.4) is 0 Å². The second-order valence-corrected chi connectivity index (χ2v) is 4.25. The molecule has 0 fully saturated rings. The fourth-order valence-corrected chi connectivity index (χ4v) is 1.89. The maximum atomic E-state index is 9.42. The molecule has 3 heteroatoms. The molecule has 0 aliphatic rings. The Hall–Kier alpha value is -2.00. The lowest BCUT2D eigenvalue weighted by atomic mass is 9.99. The number of nitrogens with two attached hydrogens (primary N) is 1. The molecule has 0 saturated carbocycles. The van der Waals surface area contributed by atoms with E-state index in [1.165, 1.54) is 0 Å². The summed E-state index contributed by atoms with van der Waals surface area (Å²) in [6.07, 6.45) is 0.730. The van der Waals surface area contributed by atoms with Gasteiger partial charge in [-0.15, -0.1) is 0 Å². The van der Waals surface area contributed by atoms with Crippen molar-refractivity contribution in [2.75, 3.05) is 7.11 Å². The Labute approximate surface area is 107 Å². The average molecular weight is 243 g/mol. The molecule has 0 radical (unpaired) electrons. The van der Waals surface area contributed by atoms with Gasteiger partial charge in [-0.1, -0.05) is 24.3 Å². The van der Waals surface area contributed by atoms with Crippen LogP contribution in [0.4, 0.5) is 0 Å². The van der Waals surface area contributed by atoms with Gasteiger partial charge in [0.2, 0.25) is 0 Å². The molecule has 2 rings (SSSR count). The first-order chi connectivity index (χ1) is 8.69. The van der Waals surface area contributed by atoms with Crippen molar-refractivity contribution in [3.8, 4) is 11.5 Å². The number of ether oxygens (including phenoxy) is 1. The highest BCUT2D eigenvalue weighted by Crippen LogP contribution is 2.21. The normalized spacial score (nSPS) is 12.1. The number of benzene rings is 2. The minimum Gasteiger partial charge on any atom is -0.508 e. The van der Waals surface area contributed by atoms with E-state index in [-0.39, 0.29) is 11.8 Å². The second-order valence-electron chi connectivity index (χ2n) is 4.25. The van der Waals surface area contributed by atoms with Crippen LogP contribution in [-0.2, 0) is 6.42 Å². The lowest BCUT2D eigenvalue weighted by molar-refractivity contribution is 0.414. The Kier molecular flexibility index (Phi) is 3.85. The van der Waals surface area contributed by atoms with Gasteiger partial charge < -0.3 is 15.6 Å². The van der Waals surface area contributed by atoms with Gasteiger partial charge in [0, 0.05) is 6.04 Å². The summed E-state index contributed by atoms with van der Waals surface area (Å²) in [6, 6.07) is 14.8. The quantitative estimate of drug-likeness (QED) is 0.868. The number of phenolic OH excluding ortho intramolecular Hbond substituents is 1. The van der Waals surface area contributed by atoms with Gasteiger partial charge >= 0.3 is 0 Å². The lowest BCUT2D eigenvalue weighted by Crippen LogP contribution is -2.13. The molecule has 0 heterocycles. The second kappa shape index (κ2) is 5.56. The standard InChI is InChI=1S/C15H17NO2/c1-18-14-7-5-11(6-8-14)9-15(16)12-3-2-4-13(17)10-12/h2-8,10,15,17H,9,16H2,1H3. The lowest BCUT2D eigenvalue weighted by Gasteiger charge is -2.12. The Bertz CT molecular complexity index is 508. The minimum atomic E-state index is -0.120. The molecule has 3 N–H and O–H groups in total. The molecule has 1 atom stereocenters. The summed E-state index contributed by atoms with van der Waals surface area (Å²) in [4.78, 5) is 0. The van der Waals surface area contributed by atoms with Gasteiger partial charge in [-0.2, -0.15) is 0 Å². The largest absolute Gasteiger partial charge is 0.508 e. The summed E-state index contributed by atoms with van der Waals surface area (Å²) in [5.74, 6) is 1.09. The molecule has 3 nitrogen and oxygen atoms in total. The van der Waals surface area contributed by atoms with Crippen molar-refractivity contribution in [2.45, 2.75) is 12.5 Å². The first-order valence-corrected chi connectivity index (χ1v) is 5.86. The summed E-state index contributed by atoms with van der Waals surface area (Å²) < 4.78 is 5.11. The molecule has 0 saturated heterocycles. The van der Waals surface area contributed by atoms with Crippen molar-refractivity contribution in [3.05, 3.63) is 59.7 Å². The van der Waals surface area contributed by atoms with Crippen LogP contribution in [0.25, 0.3) is 0 Å². The smallest absolute Gasteiger partial charge is 0.118 e. The van der Waals surface area contributed by atoms with Gasteiger partial charge in [0.1, 0.15) is 11.5 Å². The highest BCUT2D eigenvalue weighted by molar-refractivity contribution is 5.32. The summed E-state index contributed by atoms with van der Waals surface area (Å²) >= 11 is 0. The van der Waals surface area contributed by atoms with Crippen LogP contribution in [-0.4, -0.2) is 12.2 Å². The predicted octanol–water partition coefficient (Wildman–Crippen LogP) is 2.64. The van der Waals surface area contributed by atoms with E-state index >= 15 is 0 Å². The zero-order valence-corrected chi connectivity index (χ0v) is 10.3. The molecule has 2 aromatic carbocycles. The monoisotopic (exact) mass is 243 g/mol. The number of hydrogen-bond donors (Lipinski definition) is 2. The molecule has 0 aliphatic carbocycles. The van der Waals surface area contributed by atoms with Crippen LogP contribution < -0.4 is 10.5 Å². The van der Waals surface area contributed by atoms with Crippen LogP contribution in [0, 0.1) is 0 Å². The minimum absolute atomic E-state index is 0.120. The molecule has 18 heavy (non-hydrogen) atoms. The van der Waals surface area contributed by atoms with Crippen molar-refractivity contribution in [3.63, 3.8) is 0 Å². The van der Waals surface area contributed by atoms with E-state index in [4.69, 9.17) is 10.5 Å². The predicted molar refractivity (Wildman–Crippen MR) is 71.7 cm³/mol. The summed E-state index contributed by atoms with van der Waals surface area (Å²) in [7, 11) is 1.65. The molecule has 1 unspecified atom stereocenters. The van der Waals surface area contributed by atoms with Crippen molar-refractivity contribution in [1.29, 1.82) is 0 Å². The van der Waals surface area contributed by atoms with E-state index in [2.05, 4.69) is 0 Å². The Morgan fingerprint density at radius 3 is 2.50 bits per heavy atom. The summed E-state index contributed by atoms with van der Waals surface area (Å²) in [6.45, 7) is 0. The van der Waals surface area contributed by atoms with Gasteiger partial charge in [-0.05, 0) is 41.8 Å². The molecule has 0 spiro atoms. The van der Waals surface area contributed by atoms with E-state index in [0.717, 1.165) is 23.3 Å². The van der Waals surface area contributed by atoms with Gasteiger partial charge in [0.15, 0.2) is 0 Å². The van der Waals surface area contributed by atoms with E-state index in [1.807, 2.05) is 30.3 Å². The third kappa shape index (κ3) is 3.02. The highest BCUT2D eigenvalue weighted by Gasteiger charge is 2.07. The van der Waals surface area contributed by atoms with Crippen LogP contribution >= 0.6 is 0 Å². The molecule has 94 valence electrons. The third-order valence-corrected chi connectivity index (χ3v) is 2.91. The van der Waals surface area contributed by atoms with E-state index in [0.29, 0.717) is 0 Å². The van der Waals surface area contributed by atoms with Crippen molar-refractivity contribution in [1.82, 2.24) is 0 Å². The van der Waals surface area contributed by atoms with E-state index < -0.39 is 0 Å².